The second-order valence-corrected chi connectivity index (χ2v) is 6.44. The molecule has 2 aromatic rings. The molecule has 1 aromatic heterocycles. The molecule has 0 unspecified atom stereocenters. The average Bonchev–Trinajstić information content (AvgIpc) is 2.78. The number of nitrogens with one attached hydrogen (secondary N) is 1. The van der Waals surface area contributed by atoms with Gasteiger partial charge in [0.15, 0.2) is 0 Å². The lowest BCUT2D eigenvalue weighted by Crippen LogP contribution is -2.24. The fourth-order valence-electron chi connectivity index (χ4n) is 2.92. The van der Waals surface area contributed by atoms with Crippen LogP contribution in [0.1, 0.15) is 29.3 Å². The minimum absolute atomic E-state index is 0.409. The number of ether oxygens (including phenoxy) is 1. The van der Waals surface area contributed by atoms with Crippen LogP contribution in [0.4, 0.5) is 0 Å². The highest BCUT2D eigenvalue weighted by Gasteiger charge is 2.21. The van der Waals surface area contributed by atoms with Gasteiger partial charge in [-0.05, 0) is 30.7 Å². The van der Waals surface area contributed by atoms with Crippen molar-refractivity contribution in [2.45, 2.75) is 30.8 Å². The Balaban J connectivity index is 1.78. The summed E-state index contributed by atoms with van der Waals surface area (Å²) in [6.45, 7) is 2.82. The molecule has 21 heavy (non-hydrogen) atoms. The monoisotopic (exact) mass is 303 g/mol. The van der Waals surface area contributed by atoms with Crippen molar-refractivity contribution in [3.05, 3.63) is 41.1 Å². The number of rotatable bonds is 4. The van der Waals surface area contributed by atoms with E-state index in [2.05, 4.69) is 34.7 Å². The number of fused-ring (bicyclic) bond motifs is 1. The van der Waals surface area contributed by atoms with Gasteiger partial charge in [-0.2, -0.15) is 5.10 Å². The van der Waals surface area contributed by atoms with Gasteiger partial charge < -0.3 is 10.1 Å². The van der Waals surface area contributed by atoms with Crippen molar-refractivity contribution < 1.29 is 4.74 Å². The Kier molecular flexibility index (Phi) is 4.22. The first kappa shape index (κ1) is 14.5. The number of hydrogen-bond acceptors (Lipinski definition) is 4. The van der Waals surface area contributed by atoms with Crippen molar-refractivity contribution in [2.75, 3.05) is 12.9 Å². The molecule has 3 rings (SSSR count). The summed E-state index contributed by atoms with van der Waals surface area (Å²) >= 11 is 1.95. The lowest BCUT2D eigenvalue weighted by atomic mass is 10.0. The van der Waals surface area contributed by atoms with E-state index >= 15 is 0 Å². The Hall–Kier alpha value is -1.46. The lowest BCUT2D eigenvalue weighted by molar-refractivity contribution is 0.366. The Morgan fingerprint density at radius 2 is 2.24 bits per heavy atom. The van der Waals surface area contributed by atoms with Gasteiger partial charge in [0, 0.05) is 24.5 Å². The van der Waals surface area contributed by atoms with E-state index < -0.39 is 0 Å². The van der Waals surface area contributed by atoms with Gasteiger partial charge in [-0.15, -0.1) is 11.8 Å². The largest absolute Gasteiger partial charge is 0.481 e. The number of methoxy groups -OCH3 is 1. The normalized spacial score (nSPS) is 17.6. The van der Waals surface area contributed by atoms with E-state index in [0.29, 0.717) is 6.04 Å². The lowest BCUT2D eigenvalue weighted by Gasteiger charge is -2.26. The number of aryl methyl sites for hydroxylation is 2. The number of thioether (sulfide) groups is 1. The summed E-state index contributed by atoms with van der Waals surface area (Å²) in [5, 5.41) is 8.11. The zero-order valence-corrected chi connectivity index (χ0v) is 13.5. The molecule has 0 radical (unpaired) electrons. The van der Waals surface area contributed by atoms with Crippen molar-refractivity contribution in [2.24, 2.45) is 7.05 Å². The molecule has 1 N–H and O–H groups in total. The highest BCUT2D eigenvalue weighted by atomic mass is 32.2. The Morgan fingerprint density at radius 1 is 1.43 bits per heavy atom. The molecule has 5 heteroatoms. The van der Waals surface area contributed by atoms with Crippen LogP contribution in [0.25, 0.3) is 0 Å². The predicted molar refractivity (Wildman–Crippen MR) is 85.9 cm³/mol. The van der Waals surface area contributed by atoms with Gasteiger partial charge in [0.1, 0.15) is 0 Å². The quantitative estimate of drug-likeness (QED) is 0.942. The first-order valence-corrected chi connectivity index (χ1v) is 8.21. The zero-order valence-electron chi connectivity index (χ0n) is 12.7. The van der Waals surface area contributed by atoms with Crippen LogP contribution in [0.3, 0.4) is 0 Å². The topological polar surface area (TPSA) is 39.1 Å². The van der Waals surface area contributed by atoms with Crippen LogP contribution in [0.2, 0.25) is 0 Å². The number of aromatic nitrogens is 2. The fraction of sp³-hybridized carbons (Fsp3) is 0.438. The highest BCUT2D eigenvalue weighted by Crippen LogP contribution is 2.36. The zero-order chi connectivity index (χ0) is 14.8. The summed E-state index contributed by atoms with van der Waals surface area (Å²) < 4.78 is 7.27. The summed E-state index contributed by atoms with van der Waals surface area (Å²) in [5.74, 6) is 2.01. The number of nitrogens with zero attached hydrogens (tertiary/aromatic N) is 2. The van der Waals surface area contributed by atoms with Crippen LogP contribution in [0.5, 0.6) is 5.88 Å². The molecule has 0 fully saturated rings. The Morgan fingerprint density at radius 3 is 3.05 bits per heavy atom. The van der Waals surface area contributed by atoms with E-state index in [1.807, 2.05) is 25.7 Å². The van der Waals surface area contributed by atoms with Crippen LogP contribution in [0, 0.1) is 6.92 Å². The molecule has 0 spiro atoms. The average molecular weight is 303 g/mol. The van der Waals surface area contributed by atoms with Crippen LogP contribution in [-0.4, -0.2) is 22.6 Å². The molecule has 0 saturated carbocycles. The van der Waals surface area contributed by atoms with Crippen LogP contribution < -0.4 is 10.1 Å². The maximum atomic E-state index is 5.46. The van der Waals surface area contributed by atoms with Crippen molar-refractivity contribution in [1.29, 1.82) is 0 Å². The third-order valence-electron chi connectivity index (χ3n) is 3.97. The molecule has 1 aliphatic heterocycles. The molecule has 0 amide bonds. The first-order valence-electron chi connectivity index (χ1n) is 7.22. The molecule has 2 heterocycles. The van der Waals surface area contributed by atoms with Gasteiger partial charge in [0.2, 0.25) is 5.88 Å². The minimum atomic E-state index is 0.409. The maximum absolute atomic E-state index is 5.46. The van der Waals surface area contributed by atoms with E-state index in [9.17, 15) is 0 Å². The van der Waals surface area contributed by atoms with Crippen LogP contribution in [-0.2, 0) is 13.6 Å². The molecule has 1 atom stereocenters. The number of benzene rings is 1. The Labute approximate surface area is 129 Å². The smallest absolute Gasteiger partial charge is 0.216 e. The number of hydrogen-bond donors (Lipinski definition) is 1. The molecule has 0 saturated heterocycles. The molecule has 0 aliphatic carbocycles. The third-order valence-corrected chi connectivity index (χ3v) is 5.09. The van der Waals surface area contributed by atoms with Gasteiger partial charge in [0.25, 0.3) is 0 Å². The van der Waals surface area contributed by atoms with Gasteiger partial charge >= 0.3 is 0 Å². The highest BCUT2D eigenvalue weighted by molar-refractivity contribution is 7.99. The second-order valence-electron chi connectivity index (χ2n) is 5.31. The molecular formula is C16H21N3OS. The predicted octanol–water partition coefficient (Wildman–Crippen LogP) is 3.06. The molecule has 4 nitrogen and oxygen atoms in total. The molecule has 112 valence electrons. The summed E-state index contributed by atoms with van der Waals surface area (Å²) in [4.78, 5) is 1.40. The minimum Gasteiger partial charge on any atom is -0.481 e. The standard InChI is InChI=1S/C16H21N3OS/c1-11-13(16(20-3)19(2)18-11)10-17-14-8-9-21-15-7-5-4-6-12(14)15/h4-7,14,17H,8-10H2,1-3H3/t14-/m0/s1. The summed E-state index contributed by atoms with van der Waals surface area (Å²) in [7, 11) is 3.62. The molecule has 1 aromatic carbocycles. The van der Waals surface area contributed by atoms with Crippen molar-refractivity contribution in [1.82, 2.24) is 15.1 Å². The summed E-state index contributed by atoms with van der Waals surface area (Å²) in [6.07, 6.45) is 1.16. The van der Waals surface area contributed by atoms with E-state index in [1.165, 1.54) is 10.5 Å². The van der Waals surface area contributed by atoms with Gasteiger partial charge in [-0.25, -0.2) is 4.68 Å². The van der Waals surface area contributed by atoms with Crippen molar-refractivity contribution >= 4 is 11.8 Å². The first-order chi connectivity index (χ1) is 10.2. The molecule has 0 bridgehead atoms. The van der Waals surface area contributed by atoms with Gasteiger partial charge in [-0.1, -0.05) is 18.2 Å². The van der Waals surface area contributed by atoms with E-state index in [1.54, 1.807) is 11.8 Å². The molecule has 1 aliphatic rings. The van der Waals surface area contributed by atoms with E-state index in [-0.39, 0.29) is 0 Å². The third kappa shape index (κ3) is 2.80. The SMILES string of the molecule is COc1c(CN[C@H]2CCSc3ccccc32)c(C)nn1C. The van der Waals surface area contributed by atoms with Gasteiger partial charge in [0.05, 0.1) is 18.4 Å². The fourth-order valence-corrected chi connectivity index (χ4v) is 4.04. The van der Waals surface area contributed by atoms with Crippen LogP contribution in [0.15, 0.2) is 29.2 Å². The maximum Gasteiger partial charge on any atom is 0.216 e. The molecular weight excluding hydrogens is 282 g/mol. The Bertz CT molecular complexity index is 638. The second kappa shape index (κ2) is 6.12. The van der Waals surface area contributed by atoms with E-state index in [4.69, 9.17) is 4.74 Å². The van der Waals surface area contributed by atoms with Crippen molar-refractivity contribution in [3.8, 4) is 5.88 Å². The van der Waals surface area contributed by atoms with E-state index in [0.717, 1.165) is 35.9 Å². The summed E-state index contributed by atoms with van der Waals surface area (Å²) in [5.41, 5.74) is 3.59. The summed E-state index contributed by atoms with van der Waals surface area (Å²) in [6, 6.07) is 9.08. The van der Waals surface area contributed by atoms with Crippen LogP contribution >= 0.6 is 11.8 Å². The van der Waals surface area contributed by atoms with Gasteiger partial charge in [-0.3, -0.25) is 0 Å². The van der Waals surface area contributed by atoms with Crippen molar-refractivity contribution in [3.63, 3.8) is 0 Å².